The van der Waals surface area contributed by atoms with Crippen molar-refractivity contribution in [3.8, 4) is 0 Å². The summed E-state index contributed by atoms with van der Waals surface area (Å²) in [5, 5.41) is 0. The summed E-state index contributed by atoms with van der Waals surface area (Å²) in [6.45, 7) is 5.70. The summed E-state index contributed by atoms with van der Waals surface area (Å²) >= 11 is 1.14. The molecule has 0 saturated heterocycles. The number of sulfone groups is 1. The Kier molecular flexibility index (Phi) is 7.15. The molecule has 1 aromatic heterocycles. The SMILES string of the molecule is CCN(CC)c1ccc(C(=O)N=c2sc3cc(S(C)(=O)=O)ccc3n2CC(=O)OC)cc1. The minimum Gasteiger partial charge on any atom is -0.468 e. The van der Waals surface area contributed by atoms with Crippen LogP contribution in [-0.4, -0.2) is 51.3 Å². The molecule has 1 heterocycles. The summed E-state index contributed by atoms with van der Waals surface area (Å²) in [7, 11) is -2.13. The molecule has 170 valence electrons. The van der Waals surface area contributed by atoms with E-state index in [0.29, 0.717) is 15.8 Å². The fraction of sp³-hybridized carbons (Fsp3) is 0.318. The highest BCUT2D eigenvalue weighted by Crippen LogP contribution is 2.22. The molecule has 10 heteroatoms. The first-order valence-electron chi connectivity index (χ1n) is 10.0. The second-order valence-electron chi connectivity index (χ2n) is 7.08. The number of carbonyl (C=O) groups is 2. The second kappa shape index (κ2) is 9.66. The van der Waals surface area contributed by atoms with Crippen molar-refractivity contribution in [2.75, 3.05) is 31.4 Å². The Morgan fingerprint density at radius 3 is 2.31 bits per heavy atom. The average molecular weight is 476 g/mol. The van der Waals surface area contributed by atoms with Gasteiger partial charge in [0.05, 0.1) is 22.2 Å². The van der Waals surface area contributed by atoms with E-state index in [0.717, 1.165) is 36.4 Å². The van der Waals surface area contributed by atoms with Gasteiger partial charge in [0, 0.05) is 30.6 Å². The van der Waals surface area contributed by atoms with Crippen LogP contribution < -0.4 is 9.70 Å². The lowest BCUT2D eigenvalue weighted by Gasteiger charge is -2.20. The Morgan fingerprint density at radius 2 is 1.75 bits per heavy atom. The number of fused-ring (bicyclic) bond motifs is 1. The molecule has 0 aliphatic carbocycles. The van der Waals surface area contributed by atoms with Gasteiger partial charge in [-0.25, -0.2) is 8.42 Å². The molecular formula is C22H25N3O5S2. The zero-order chi connectivity index (χ0) is 23.5. The maximum atomic E-state index is 12.8. The van der Waals surface area contributed by atoms with Crippen molar-refractivity contribution in [2.45, 2.75) is 25.3 Å². The summed E-state index contributed by atoms with van der Waals surface area (Å²) in [5.41, 5.74) is 2.03. The van der Waals surface area contributed by atoms with Crippen LogP contribution in [0.5, 0.6) is 0 Å². The smallest absolute Gasteiger partial charge is 0.325 e. The molecule has 3 rings (SSSR count). The number of carbonyl (C=O) groups excluding carboxylic acids is 2. The number of aromatic nitrogens is 1. The van der Waals surface area contributed by atoms with Crippen molar-refractivity contribution < 1.29 is 22.7 Å². The lowest BCUT2D eigenvalue weighted by molar-refractivity contribution is -0.141. The van der Waals surface area contributed by atoms with Crippen molar-refractivity contribution in [3.63, 3.8) is 0 Å². The summed E-state index contributed by atoms with van der Waals surface area (Å²) in [6.07, 6.45) is 1.13. The highest BCUT2D eigenvalue weighted by molar-refractivity contribution is 7.90. The molecule has 0 atom stereocenters. The van der Waals surface area contributed by atoms with Crippen LogP contribution in [0.25, 0.3) is 10.2 Å². The van der Waals surface area contributed by atoms with Crippen molar-refractivity contribution in [1.82, 2.24) is 4.57 Å². The molecule has 8 nitrogen and oxygen atoms in total. The van der Waals surface area contributed by atoms with E-state index in [4.69, 9.17) is 4.74 Å². The number of benzene rings is 2. The van der Waals surface area contributed by atoms with E-state index < -0.39 is 21.7 Å². The number of hydrogen-bond acceptors (Lipinski definition) is 7. The highest BCUT2D eigenvalue weighted by atomic mass is 32.2. The van der Waals surface area contributed by atoms with Gasteiger partial charge in [0.15, 0.2) is 14.6 Å². The van der Waals surface area contributed by atoms with E-state index in [1.54, 1.807) is 22.8 Å². The predicted octanol–water partition coefficient (Wildman–Crippen LogP) is 2.87. The molecule has 0 spiro atoms. The first-order valence-corrected chi connectivity index (χ1v) is 12.7. The molecule has 2 aromatic carbocycles. The van der Waals surface area contributed by atoms with E-state index in [9.17, 15) is 18.0 Å². The fourth-order valence-electron chi connectivity index (χ4n) is 3.27. The van der Waals surface area contributed by atoms with Gasteiger partial charge in [0.25, 0.3) is 5.91 Å². The predicted molar refractivity (Wildman–Crippen MR) is 125 cm³/mol. The zero-order valence-electron chi connectivity index (χ0n) is 18.4. The van der Waals surface area contributed by atoms with Gasteiger partial charge >= 0.3 is 5.97 Å². The minimum atomic E-state index is -3.40. The van der Waals surface area contributed by atoms with Crippen molar-refractivity contribution in [1.29, 1.82) is 0 Å². The fourth-order valence-corrected chi connectivity index (χ4v) is 5.06. The lowest BCUT2D eigenvalue weighted by atomic mass is 10.2. The van der Waals surface area contributed by atoms with Crippen molar-refractivity contribution >= 4 is 49.0 Å². The molecule has 1 amide bonds. The molecule has 0 radical (unpaired) electrons. The molecule has 0 bridgehead atoms. The van der Waals surface area contributed by atoms with E-state index in [1.165, 1.54) is 19.2 Å². The summed E-state index contributed by atoms with van der Waals surface area (Å²) < 4.78 is 30.8. The molecular weight excluding hydrogens is 450 g/mol. The zero-order valence-corrected chi connectivity index (χ0v) is 20.0. The number of hydrogen-bond donors (Lipinski definition) is 0. The number of amides is 1. The van der Waals surface area contributed by atoms with Gasteiger partial charge in [-0.1, -0.05) is 11.3 Å². The van der Waals surface area contributed by atoms with Gasteiger partial charge in [-0.15, -0.1) is 0 Å². The Balaban J connectivity index is 2.08. The standard InChI is InChI=1S/C22H25N3O5S2/c1-5-24(6-2)16-9-7-15(8-10-16)21(27)23-22-25(14-20(26)30-3)18-12-11-17(32(4,28)29)13-19(18)31-22/h7-13H,5-6,14H2,1-4H3. The quantitative estimate of drug-likeness (QED) is 0.488. The molecule has 0 aliphatic rings. The summed E-state index contributed by atoms with van der Waals surface area (Å²) in [4.78, 5) is 31.6. The molecule has 0 N–H and O–H groups in total. The topological polar surface area (TPSA) is 98.0 Å². The average Bonchev–Trinajstić information content (AvgIpc) is 3.10. The van der Waals surface area contributed by atoms with Crippen LogP contribution in [-0.2, 0) is 25.9 Å². The normalized spacial score (nSPS) is 12.2. The number of methoxy groups -OCH3 is 1. The van der Waals surface area contributed by atoms with Crippen LogP contribution in [0.4, 0.5) is 5.69 Å². The van der Waals surface area contributed by atoms with Gasteiger partial charge in [0.2, 0.25) is 0 Å². The molecule has 0 saturated carbocycles. The third-order valence-corrected chi connectivity index (χ3v) is 7.19. The van der Waals surface area contributed by atoms with Gasteiger partial charge in [-0.2, -0.15) is 4.99 Å². The van der Waals surface area contributed by atoms with Crippen LogP contribution in [0.15, 0.2) is 52.4 Å². The largest absolute Gasteiger partial charge is 0.468 e. The Morgan fingerprint density at radius 1 is 1.09 bits per heavy atom. The second-order valence-corrected chi connectivity index (χ2v) is 10.1. The Labute approximate surface area is 190 Å². The van der Waals surface area contributed by atoms with Gasteiger partial charge in [0.1, 0.15) is 6.54 Å². The molecule has 0 unspecified atom stereocenters. The van der Waals surface area contributed by atoms with Gasteiger partial charge < -0.3 is 14.2 Å². The monoisotopic (exact) mass is 475 g/mol. The first-order chi connectivity index (χ1) is 15.2. The molecule has 0 aliphatic heterocycles. The number of nitrogens with zero attached hydrogens (tertiary/aromatic N) is 3. The van der Waals surface area contributed by atoms with E-state index in [-0.39, 0.29) is 16.2 Å². The molecule has 32 heavy (non-hydrogen) atoms. The lowest BCUT2D eigenvalue weighted by Crippen LogP contribution is -2.22. The maximum Gasteiger partial charge on any atom is 0.325 e. The Bertz CT molecular complexity index is 1320. The minimum absolute atomic E-state index is 0.151. The Hall–Kier alpha value is -2.98. The number of thiazole rings is 1. The van der Waals surface area contributed by atoms with Crippen LogP contribution in [0.1, 0.15) is 24.2 Å². The van der Waals surface area contributed by atoms with Crippen LogP contribution in [0, 0.1) is 0 Å². The highest BCUT2D eigenvalue weighted by Gasteiger charge is 2.15. The van der Waals surface area contributed by atoms with Crippen molar-refractivity contribution in [2.24, 2.45) is 4.99 Å². The number of esters is 1. The number of ether oxygens (including phenoxy) is 1. The molecule has 0 fully saturated rings. The third kappa shape index (κ3) is 5.08. The van der Waals surface area contributed by atoms with Crippen LogP contribution in [0.3, 0.4) is 0 Å². The number of rotatable bonds is 7. The third-order valence-electron chi connectivity index (χ3n) is 5.04. The summed E-state index contributed by atoms with van der Waals surface area (Å²) in [5.74, 6) is -0.959. The maximum absolute atomic E-state index is 12.8. The van der Waals surface area contributed by atoms with E-state index >= 15 is 0 Å². The first kappa shape index (κ1) is 23.7. The summed E-state index contributed by atoms with van der Waals surface area (Å²) in [6, 6.07) is 11.8. The van der Waals surface area contributed by atoms with E-state index in [1.807, 2.05) is 12.1 Å². The van der Waals surface area contributed by atoms with Crippen LogP contribution in [0.2, 0.25) is 0 Å². The number of anilines is 1. The van der Waals surface area contributed by atoms with Crippen LogP contribution >= 0.6 is 11.3 Å². The van der Waals surface area contributed by atoms with Crippen molar-refractivity contribution in [3.05, 3.63) is 52.8 Å². The van der Waals surface area contributed by atoms with Gasteiger partial charge in [-0.05, 0) is 56.3 Å². The molecule has 3 aromatic rings. The van der Waals surface area contributed by atoms with E-state index in [2.05, 4.69) is 23.7 Å². The van der Waals surface area contributed by atoms with Gasteiger partial charge in [-0.3, -0.25) is 9.59 Å².